The Morgan fingerprint density at radius 3 is 2.90 bits per heavy atom. The van der Waals surface area contributed by atoms with Crippen LogP contribution in [-0.4, -0.2) is 26.2 Å². The Balaban J connectivity index is 3.06. The molecule has 0 aliphatic rings. The summed E-state index contributed by atoms with van der Waals surface area (Å²) in [6.45, 7) is 0.717. The van der Waals surface area contributed by atoms with Gasteiger partial charge in [-0.1, -0.05) is 0 Å². The SMILES string of the molecule is C#CC(=O)NOCCOC. The molecule has 0 aliphatic carbocycles. The Morgan fingerprint density at radius 2 is 2.40 bits per heavy atom. The van der Waals surface area contributed by atoms with Crippen LogP contribution in [0.1, 0.15) is 0 Å². The molecular formula is C6H9NO3. The highest BCUT2D eigenvalue weighted by Crippen LogP contribution is 1.69. The molecule has 0 rings (SSSR count). The van der Waals surface area contributed by atoms with Crippen LogP contribution in [0, 0.1) is 12.3 Å². The Morgan fingerprint density at radius 1 is 1.70 bits per heavy atom. The van der Waals surface area contributed by atoms with Gasteiger partial charge in [-0.2, -0.15) is 0 Å². The molecule has 0 aromatic rings. The Hall–Kier alpha value is -1.05. The van der Waals surface area contributed by atoms with Crippen molar-refractivity contribution in [1.82, 2.24) is 5.48 Å². The summed E-state index contributed by atoms with van der Waals surface area (Å²) in [5, 5.41) is 0. The van der Waals surface area contributed by atoms with Crippen molar-refractivity contribution in [3.05, 3.63) is 0 Å². The van der Waals surface area contributed by atoms with E-state index in [2.05, 4.69) is 9.57 Å². The van der Waals surface area contributed by atoms with Crippen molar-refractivity contribution < 1.29 is 14.4 Å². The lowest BCUT2D eigenvalue weighted by atomic mass is 10.7. The first-order chi connectivity index (χ1) is 4.81. The van der Waals surface area contributed by atoms with Gasteiger partial charge in [-0.15, -0.1) is 6.42 Å². The van der Waals surface area contributed by atoms with E-state index in [0.29, 0.717) is 13.2 Å². The highest BCUT2D eigenvalue weighted by Gasteiger charge is 1.91. The Kier molecular flexibility index (Phi) is 5.44. The molecule has 0 atom stereocenters. The van der Waals surface area contributed by atoms with Crippen LogP contribution in [-0.2, 0) is 14.4 Å². The lowest BCUT2D eigenvalue weighted by Crippen LogP contribution is -2.23. The van der Waals surface area contributed by atoms with E-state index in [0.717, 1.165) is 0 Å². The maximum Gasteiger partial charge on any atom is 0.319 e. The van der Waals surface area contributed by atoms with Gasteiger partial charge in [0, 0.05) is 7.11 Å². The van der Waals surface area contributed by atoms with Gasteiger partial charge in [0.15, 0.2) is 0 Å². The largest absolute Gasteiger partial charge is 0.382 e. The van der Waals surface area contributed by atoms with E-state index >= 15 is 0 Å². The minimum Gasteiger partial charge on any atom is -0.382 e. The molecule has 0 fully saturated rings. The molecule has 0 saturated carbocycles. The Labute approximate surface area is 59.5 Å². The third-order valence-electron chi connectivity index (χ3n) is 0.685. The van der Waals surface area contributed by atoms with Crippen molar-refractivity contribution in [1.29, 1.82) is 0 Å². The first-order valence-electron chi connectivity index (χ1n) is 2.68. The maximum absolute atomic E-state index is 10.3. The van der Waals surface area contributed by atoms with Gasteiger partial charge in [0.05, 0.1) is 13.2 Å². The second-order valence-corrected chi connectivity index (χ2v) is 1.42. The zero-order valence-electron chi connectivity index (χ0n) is 5.72. The number of carbonyl (C=O) groups is 1. The summed E-state index contributed by atoms with van der Waals surface area (Å²) in [7, 11) is 1.53. The predicted molar refractivity (Wildman–Crippen MR) is 34.8 cm³/mol. The normalized spacial score (nSPS) is 8.40. The molecule has 0 saturated heterocycles. The fourth-order valence-electron chi connectivity index (χ4n) is 0.271. The fourth-order valence-corrected chi connectivity index (χ4v) is 0.271. The number of hydrogen-bond acceptors (Lipinski definition) is 3. The fraction of sp³-hybridized carbons (Fsp3) is 0.500. The number of methoxy groups -OCH3 is 1. The zero-order valence-corrected chi connectivity index (χ0v) is 5.72. The minimum atomic E-state index is -0.587. The summed E-state index contributed by atoms with van der Waals surface area (Å²) in [4.78, 5) is 14.8. The van der Waals surface area contributed by atoms with Crippen molar-refractivity contribution in [3.63, 3.8) is 0 Å². The van der Waals surface area contributed by atoms with E-state index in [9.17, 15) is 4.79 Å². The minimum absolute atomic E-state index is 0.296. The Bertz CT molecular complexity index is 138. The summed E-state index contributed by atoms with van der Waals surface area (Å²) in [5.74, 6) is 1.24. The number of rotatable bonds is 4. The van der Waals surface area contributed by atoms with E-state index in [-0.39, 0.29) is 0 Å². The molecule has 0 spiro atoms. The van der Waals surface area contributed by atoms with Gasteiger partial charge in [0.25, 0.3) is 0 Å². The number of carbonyl (C=O) groups excluding carboxylic acids is 1. The standard InChI is InChI=1S/C6H9NO3/c1-3-6(8)7-10-5-4-9-2/h1H,4-5H2,2H3,(H,7,8). The highest BCUT2D eigenvalue weighted by molar-refractivity contribution is 5.91. The van der Waals surface area contributed by atoms with E-state index in [1.165, 1.54) is 7.11 Å². The molecule has 0 bridgehead atoms. The topological polar surface area (TPSA) is 47.6 Å². The van der Waals surface area contributed by atoms with Gasteiger partial charge < -0.3 is 4.74 Å². The monoisotopic (exact) mass is 143 g/mol. The van der Waals surface area contributed by atoms with Crippen LogP contribution in [0.25, 0.3) is 0 Å². The number of amides is 1. The molecule has 0 aliphatic heterocycles. The van der Waals surface area contributed by atoms with Crippen LogP contribution in [0.3, 0.4) is 0 Å². The maximum atomic E-state index is 10.3. The zero-order chi connectivity index (χ0) is 7.82. The second-order valence-electron chi connectivity index (χ2n) is 1.42. The molecule has 4 heteroatoms. The van der Waals surface area contributed by atoms with Crippen molar-refractivity contribution in [2.75, 3.05) is 20.3 Å². The van der Waals surface area contributed by atoms with Crippen LogP contribution >= 0.6 is 0 Å². The van der Waals surface area contributed by atoms with Gasteiger partial charge >= 0.3 is 5.91 Å². The molecule has 4 nitrogen and oxygen atoms in total. The average Bonchev–Trinajstić information content (AvgIpc) is 1.98. The first kappa shape index (κ1) is 8.95. The van der Waals surface area contributed by atoms with Crippen LogP contribution in [0.4, 0.5) is 0 Å². The third-order valence-corrected chi connectivity index (χ3v) is 0.685. The van der Waals surface area contributed by atoms with Crippen molar-refractivity contribution in [2.45, 2.75) is 0 Å². The molecule has 1 amide bonds. The van der Waals surface area contributed by atoms with Gasteiger partial charge in [-0.3, -0.25) is 9.63 Å². The summed E-state index contributed by atoms with van der Waals surface area (Å²) in [6, 6.07) is 0. The van der Waals surface area contributed by atoms with Crippen molar-refractivity contribution in [2.24, 2.45) is 0 Å². The summed E-state index contributed by atoms with van der Waals surface area (Å²) >= 11 is 0. The lowest BCUT2D eigenvalue weighted by molar-refractivity contribution is -0.128. The second kappa shape index (κ2) is 6.08. The van der Waals surface area contributed by atoms with Crippen LogP contribution in [0.15, 0.2) is 0 Å². The van der Waals surface area contributed by atoms with Gasteiger partial charge in [-0.05, 0) is 5.92 Å². The molecule has 0 aromatic carbocycles. The van der Waals surface area contributed by atoms with Crippen LogP contribution in [0.2, 0.25) is 0 Å². The number of nitrogens with one attached hydrogen (secondary N) is 1. The smallest absolute Gasteiger partial charge is 0.319 e. The lowest BCUT2D eigenvalue weighted by Gasteiger charge is -1.99. The van der Waals surface area contributed by atoms with Crippen molar-refractivity contribution >= 4 is 5.91 Å². The molecule has 56 valence electrons. The molecule has 10 heavy (non-hydrogen) atoms. The quantitative estimate of drug-likeness (QED) is 0.322. The van der Waals surface area contributed by atoms with Gasteiger partial charge in [-0.25, -0.2) is 5.48 Å². The number of terminal acetylenes is 1. The molecule has 0 radical (unpaired) electrons. The first-order valence-corrected chi connectivity index (χ1v) is 2.68. The molecular weight excluding hydrogens is 134 g/mol. The number of hydroxylamine groups is 1. The highest BCUT2D eigenvalue weighted by atomic mass is 16.7. The molecule has 0 unspecified atom stereocenters. The van der Waals surface area contributed by atoms with Gasteiger partial charge in [0.2, 0.25) is 0 Å². The summed E-state index contributed by atoms with van der Waals surface area (Å²) in [6.07, 6.45) is 4.71. The molecule has 0 heterocycles. The predicted octanol–water partition coefficient (Wildman–Crippen LogP) is -0.686. The third kappa shape index (κ3) is 5.09. The van der Waals surface area contributed by atoms with E-state index in [1.807, 2.05) is 11.4 Å². The van der Waals surface area contributed by atoms with Gasteiger partial charge in [0.1, 0.15) is 0 Å². The molecule has 0 aromatic heterocycles. The van der Waals surface area contributed by atoms with Crippen molar-refractivity contribution in [3.8, 4) is 12.3 Å². The van der Waals surface area contributed by atoms with Crippen LogP contribution < -0.4 is 5.48 Å². The van der Waals surface area contributed by atoms with Crippen LogP contribution in [0.5, 0.6) is 0 Å². The number of ether oxygens (including phenoxy) is 1. The molecule has 1 N–H and O–H groups in total. The average molecular weight is 143 g/mol. The van der Waals surface area contributed by atoms with E-state index in [1.54, 1.807) is 0 Å². The number of hydrogen-bond donors (Lipinski definition) is 1. The summed E-state index contributed by atoms with van der Waals surface area (Å²) in [5.41, 5.74) is 2.01. The van der Waals surface area contributed by atoms with E-state index in [4.69, 9.17) is 6.42 Å². The van der Waals surface area contributed by atoms with E-state index < -0.39 is 5.91 Å². The summed E-state index contributed by atoms with van der Waals surface area (Å²) < 4.78 is 4.63.